The summed E-state index contributed by atoms with van der Waals surface area (Å²) in [4.78, 5) is 42.2. The van der Waals surface area contributed by atoms with Crippen LogP contribution < -0.4 is 5.32 Å². The molecule has 41 heavy (non-hydrogen) atoms. The fourth-order valence-electron chi connectivity index (χ4n) is 4.70. The number of amides is 3. The second-order valence-corrected chi connectivity index (χ2v) is 11.3. The van der Waals surface area contributed by atoms with E-state index in [1.807, 2.05) is 62.4 Å². The zero-order valence-electron chi connectivity index (χ0n) is 24.8. The number of ether oxygens (including phenoxy) is 2. The van der Waals surface area contributed by atoms with Gasteiger partial charge in [-0.25, -0.2) is 9.59 Å². The molecule has 9 heteroatoms. The van der Waals surface area contributed by atoms with Crippen molar-refractivity contribution >= 4 is 18.1 Å². The van der Waals surface area contributed by atoms with E-state index in [2.05, 4.69) is 17.2 Å². The number of aliphatic hydroxyl groups excluding tert-OH is 1. The standard InChI is InChI=1S/C32H41N3O6/c1-7-11-28(36)27(35-17-16-26(29(35)37)33-30(38)41-32(4,5)6)20-34(19-25-15-14-22(2)18-23(25)3)31(39)40-21-24-12-9-8-10-13-24/h8-10,12-15,18,26-28,36H,16-17,19-21H2,1-6H3,(H,33,38)/t26-,27-,28-/m0/s1. The van der Waals surface area contributed by atoms with Crippen molar-refractivity contribution in [1.29, 1.82) is 0 Å². The summed E-state index contributed by atoms with van der Waals surface area (Å²) in [6, 6.07) is 13.7. The number of nitrogens with one attached hydrogen (secondary N) is 1. The Kier molecular flexibility index (Phi) is 10.8. The number of alkyl carbamates (subject to hydrolysis) is 1. The Morgan fingerprint density at radius 2 is 1.88 bits per heavy atom. The summed E-state index contributed by atoms with van der Waals surface area (Å²) in [5.41, 5.74) is 3.15. The highest BCUT2D eigenvalue weighted by atomic mass is 16.6. The highest BCUT2D eigenvalue weighted by Gasteiger charge is 2.41. The maximum Gasteiger partial charge on any atom is 0.410 e. The Morgan fingerprint density at radius 1 is 1.17 bits per heavy atom. The lowest BCUT2D eigenvalue weighted by Gasteiger charge is -2.34. The highest BCUT2D eigenvalue weighted by molar-refractivity contribution is 5.88. The molecule has 3 amide bonds. The van der Waals surface area contributed by atoms with Gasteiger partial charge in [0.15, 0.2) is 0 Å². The minimum absolute atomic E-state index is 0.0261. The number of hydrogen-bond acceptors (Lipinski definition) is 6. The number of hydrogen-bond donors (Lipinski definition) is 2. The first-order chi connectivity index (χ1) is 19.4. The summed E-state index contributed by atoms with van der Waals surface area (Å²) in [6.45, 7) is 11.3. The summed E-state index contributed by atoms with van der Waals surface area (Å²) in [7, 11) is 0. The van der Waals surface area contributed by atoms with Crippen LogP contribution in [0.15, 0.2) is 48.5 Å². The van der Waals surface area contributed by atoms with E-state index in [-0.39, 0.29) is 32.1 Å². The fraction of sp³-hybridized carbons (Fsp3) is 0.469. The molecular weight excluding hydrogens is 522 g/mol. The predicted octanol–water partition coefficient (Wildman–Crippen LogP) is 4.32. The number of carbonyl (C=O) groups is 3. The minimum Gasteiger partial charge on any atom is -0.445 e. The van der Waals surface area contributed by atoms with Gasteiger partial charge in [-0.1, -0.05) is 60.0 Å². The van der Waals surface area contributed by atoms with Crippen LogP contribution in [-0.2, 0) is 27.4 Å². The molecule has 1 saturated heterocycles. The number of carbonyl (C=O) groups excluding carboxylic acids is 3. The van der Waals surface area contributed by atoms with Gasteiger partial charge in [-0.3, -0.25) is 4.79 Å². The first kappa shape index (κ1) is 31.5. The molecule has 1 fully saturated rings. The lowest BCUT2D eigenvalue weighted by atomic mass is 10.0. The van der Waals surface area contributed by atoms with Crippen molar-refractivity contribution < 1.29 is 29.0 Å². The van der Waals surface area contributed by atoms with Gasteiger partial charge in [0.25, 0.3) is 0 Å². The smallest absolute Gasteiger partial charge is 0.410 e. The van der Waals surface area contributed by atoms with E-state index in [0.29, 0.717) is 6.42 Å². The molecular formula is C32H41N3O6. The number of nitrogens with zero attached hydrogens (tertiary/aromatic N) is 2. The minimum atomic E-state index is -1.23. The second kappa shape index (κ2) is 14.0. The van der Waals surface area contributed by atoms with Crippen LogP contribution in [0.4, 0.5) is 9.59 Å². The molecule has 3 atom stereocenters. The van der Waals surface area contributed by atoms with E-state index in [0.717, 1.165) is 22.3 Å². The monoisotopic (exact) mass is 563 g/mol. The first-order valence-corrected chi connectivity index (χ1v) is 13.8. The molecule has 1 aliphatic heterocycles. The van der Waals surface area contributed by atoms with E-state index in [9.17, 15) is 19.5 Å². The highest BCUT2D eigenvalue weighted by Crippen LogP contribution is 2.22. The SMILES string of the molecule is CC#C[C@H](O)[C@H](CN(Cc1ccc(C)cc1C)C(=O)OCc1ccccc1)N1CC[C@H](NC(=O)OC(C)(C)C)C1=O. The van der Waals surface area contributed by atoms with Gasteiger partial charge in [-0.2, -0.15) is 0 Å². The maximum absolute atomic E-state index is 13.5. The number of aliphatic hydroxyl groups is 1. The molecule has 0 unspecified atom stereocenters. The average molecular weight is 564 g/mol. The predicted molar refractivity (Wildman–Crippen MR) is 156 cm³/mol. The second-order valence-electron chi connectivity index (χ2n) is 11.3. The van der Waals surface area contributed by atoms with Crippen LogP contribution in [0.5, 0.6) is 0 Å². The van der Waals surface area contributed by atoms with Gasteiger partial charge < -0.3 is 29.7 Å². The third-order valence-electron chi connectivity index (χ3n) is 6.72. The van der Waals surface area contributed by atoms with E-state index >= 15 is 0 Å². The molecule has 2 aromatic rings. The van der Waals surface area contributed by atoms with Crippen molar-refractivity contribution in [3.05, 3.63) is 70.8 Å². The summed E-state index contributed by atoms with van der Waals surface area (Å²) in [5.74, 6) is 5.07. The lowest BCUT2D eigenvalue weighted by Crippen LogP contribution is -2.54. The van der Waals surface area contributed by atoms with Gasteiger partial charge in [0.2, 0.25) is 5.91 Å². The Balaban J connectivity index is 1.84. The molecule has 9 nitrogen and oxygen atoms in total. The average Bonchev–Trinajstić information content (AvgIpc) is 3.25. The van der Waals surface area contributed by atoms with Crippen molar-refractivity contribution in [2.75, 3.05) is 13.1 Å². The van der Waals surface area contributed by atoms with E-state index in [1.54, 1.807) is 27.7 Å². The van der Waals surface area contributed by atoms with Gasteiger partial charge in [-0.05, 0) is 64.7 Å². The van der Waals surface area contributed by atoms with Gasteiger partial charge in [-0.15, -0.1) is 5.92 Å². The molecule has 1 aliphatic rings. The molecule has 0 bridgehead atoms. The Morgan fingerprint density at radius 3 is 2.51 bits per heavy atom. The van der Waals surface area contributed by atoms with Crippen LogP contribution in [-0.4, -0.2) is 69.9 Å². The van der Waals surface area contributed by atoms with E-state index in [4.69, 9.17) is 9.47 Å². The molecule has 220 valence electrons. The van der Waals surface area contributed by atoms with Crippen LogP contribution in [0.25, 0.3) is 0 Å². The molecule has 0 aliphatic carbocycles. The number of benzene rings is 2. The first-order valence-electron chi connectivity index (χ1n) is 13.8. The molecule has 2 aromatic carbocycles. The molecule has 0 saturated carbocycles. The van der Waals surface area contributed by atoms with Crippen LogP contribution >= 0.6 is 0 Å². The summed E-state index contributed by atoms with van der Waals surface area (Å²) < 4.78 is 11.0. The maximum atomic E-state index is 13.5. The van der Waals surface area contributed by atoms with Crippen LogP contribution in [0.3, 0.4) is 0 Å². The molecule has 2 N–H and O–H groups in total. The van der Waals surface area contributed by atoms with Gasteiger partial charge in [0, 0.05) is 19.6 Å². The lowest BCUT2D eigenvalue weighted by molar-refractivity contribution is -0.133. The summed E-state index contributed by atoms with van der Waals surface area (Å²) in [6.07, 6.45) is -2.17. The normalized spacial score (nSPS) is 16.3. The number of likely N-dealkylation sites (tertiary alicyclic amines) is 1. The third kappa shape index (κ3) is 9.25. The largest absolute Gasteiger partial charge is 0.445 e. The third-order valence-corrected chi connectivity index (χ3v) is 6.72. The van der Waals surface area contributed by atoms with E-state index in [1.165, 1.54) is 9.80 Å². The summed E-state index contributed by atoms with van der Waals surface area (Å²) in [5, 5.41) is 13.7. The topological polar surface area (TPSA) is 108 Å². The van der Waals surface area contributed by atoms with Gasteiger partial charge in [0.1, 0.15) is 24.4 Å². The molecule has 0 aromatic heterocycles. The molecule has 0 radical (unpaired) electrons. The molecule has 1 heterocycles. The van der Waals surface area contributed by atoms with Crippen molar-refractivity contribution in [3.8, 4) is 11.8 Å². The van der Waals surface area contributed by atoms with E-state index < -0.39 is 36.0 Å². The van der Waals surface area contributed by atoms with Gasteiger partial charge >= 0.3 is 12.2 Å². The zero-order valence-corrected chi connectivity index (χ0v) is 24.8. The number of rotatable bonds is 9. The zero-order chi connectivity index (χ0) is 30.2. The van der Waals surface area contributed by atoms with Crippen molar-refractivity contribution in [3.63, 3.8) is 0 Å². The van der Waals surface area contributed by atoms with Gasteiger partial charge in [0.05, 0.1) is 6.04 Å². The Hall–Kier alpha value is -4.03. The Bertz CT molecular complexity index is 1280. The molecule has 3 rings (SSSR count). The number of aryl methyl sites for hydroxylation is 2. The van der Waals surface area contributed by atoms with Crippen LogP contribution in [0, 0.1) is 25.7 Å². The van der Waals surface area contributed by atoms with Crippen LogP contribution in [0.2, 0.25) is 0 Å². The summed E-state index contributed by atoms with van der Waals surface area (Å²) >= 11 is 0. The molecule has 0 spiro atoms. The van der Waals surface area contributed by atoms with Crippen molar-refractivity contribution in [1.82, 2.24) is 15.1 Å². The van der Waals surface area contributed by atoms with Crippen molar-refractivity contribution in [2.45, 2.75) is 84.9 Å². The van der Waals surface area contributed by atoms with Crippen LogP contribution in [0.1, 0.15) is 56.4 Å². The fourth-order valence-corrected chi connectivity index (χ4v) is 4.70. The van der Waals surface area contributed by atoms with Crippen molar-refractivity contribution in [2.24, 2.45) is 0 Å². The quantitative estimate of drug-likeness (QED) is 0.440. The Labute approximate surface area is 242 Å².